The summed E-state index contributed by atoms with van der Waals surface area (Å²) in [6.07, 6.45) is 4.22. The van der Waals surface area contributed by atoms with Crippen LogP contribution in [0.3, 0.4) is 0 Å². The van der Waals surface area contributed by atoms with Gasteiger partial charge in [0.05, 0.1) is 18.7 Å². The number of H-pyrrole nitrogens is 1. The molecular formula is C21H19N5O3. The van der Waals surface area contributed by atoms with E-state index in [1.807, 2.05) is 24.4 Å². The molecule has 8 heteroatoms. The molecule has 0 saturated carbocycles. The molecular weight excluding hydrogens is 370 g/mol. The summed E-state index contributed by atoms with van der Waals surface area (Å²) < 4.78 is 11.7. The van der Waals surface area contributed by atoms with Crippen LogP contribution in [0.25, 0.3) is 22.3 Å². The molecule has 1 aromatic carbocycles. The molecule has 1 aliphatic rings. The zero-order valence-electron chi connectivity index (χ0n) is 15.6. The second kappa shape index (κ2) is 7.31. The van der Waals surface area contributed by atoms with E-state index in [2.05, 4.69) is 31.3 Å². The first kappa shape index (κ1) is 17.3. The Hall–Kier alpha value is -3.81. The van der Waals surface area contributed by atoms with Gasteiger partial charge in [-0.25, -0.2) is 9.97 Å². The lowest BCUT2D eigenvalue weighted by molar-refractivity contribution is 0.261. The van der Waals surface area contributed by atoms with Gasteiger partial charge in [0, 0.05) is 29.7 Å². The Balaban J connectivity index is 1.43. The highest BCUT2D eigenvalue weighted by Gasteiger charge is 2.22. The molecule has 29 heavy (non-hydrogen) atoms. The number of nitrogens with zero attached hydrogens (tertiary/aromatic N) is 3. The van der Waals surface area contributed by atoms with Crippen molar-refractivity contribution in [2.24, 2.45) is 0 Å². The van der Waals surface area contributed by atoms with Crippen LogP contribution in [0.15, 0.2) is 48.8 Å². The minimum atomic E-state index is -0.131. The van der Waals surface area contributed by atoms with Gasteiger partial charge in [-0.15, -0.1) is 0 Å². The lowest BCUT2D eigenvalue weighted by atomic mass is 10.1. The molecule has 3 N–H and O–H groups in total. The third kappa shape index (κ3) is 3.29. The lowest BCUT2D eigenvalue weighted by Gasteiger charge is -2.21. The summed E-state index contributed by atoms with van der Waals surface area (Å²) in [5.74, 6) is 1.58. The first-order chi connectivity index (χ1) is 14.3. The zero-order valence-corrected chi connectivity index (χ0v) is 15.6. The number of aromatic hydroxyl groups is 1. The van der Waals surface area contributed by atoms with Gasteiger partial charge in [0.2, 0.25) is 11.6 Å². The maximum Gasteiger partial charge on any atom is 0.263 e. The zero-order chi connectivity index (χ0) is 19.6. The quantitative estimate of drug-likeness (QED) is 0.481. The average molecular weight is 389 g/mol. The van der Waals surface area contributed by atoms with Crippen molar-refractivity contribution in [1.29, 1.82) is 0 Å². The Kier molecular flexibility index (Phi) is 4.36. The predicted octanol–water partition coefficient (Wildman–Crippen LogP) is 3.15. The number of anilines is 1. The fourth-order valence-electron chi connectivity index (χ4n) is 3.39. The van der Waals surface area contributed by atoms with E-state index in [0.29, 0.717) is 55.0 Å². The number of benzene rings is 1. The summed E-state index contributed by atoms with van der Waals surface area (Å²) in [5.41, 5.74) is 2.71. The number of rotatable bonds is 5. The maximum atomic E-state index is 10.1. The molecule has 0 radical (unpaired) electrons. The second-order valence-electron chi connectivity index (χ2n) is 6.64. The average Bonchev–Trinajstić information content (AvgIpc) is 3.17. The minimum Gasteiger partial charge on any atom is -0.493 e. The van der Waals surface area contributed by atoms with Crippen molar-refractivity contribution in [2.75, 3.05) is 25.1 Å². The van der Waals surface area contributed by atoms with Gasteiger partial charge in [-0.3, -0.25) is 0 Å². The third-order valence-corrected chi connectivity index (χ3v) is 4.79. The number of nitrogens with one attached hydrogen (secondary N) is 2. The van der Waals surface area contributed by atoms with E-state index >= 15 is 0 Å². The van der Waals surface area contributed by atoms with Gasteiger partial charge in [-0.05, 0) is 23.8 Å². The van der Waals surface area contributed by atoms with Crippen LogP contribution >= 0.6 is 0 Å². The third-order valence-electron chi connectivity index (χ3n) is 4.79. The van der Waals surface area contributed by atoms with Crippen molar-refractivity contribution in [1.82, 2.24) is 19.9 Å². The summed E-state index contributed by atoms with van der Waals surface area (Å²) in [4.78, 5) is 16.1. The van der Waals surface area contributed by atoms with Crippen LogP contribution in [0.1, 0.15) is 5.56 Å². The Labute approximate surface area is 166 Å². The Morgan fingerprint density at radius 1 is 1.14 bits per heavy atom. The summed E-state index contributed by atoms with van der Waals surface area (Å²) in [6.45, 7) is 1.57. The molecule has 3 aromatic heterocycles. The van der Waals surface area contributed by atoms with Gasteiger partial charge >= 0.3 is 0 Å². The highest BCUT2D eigenvalue weighted by atomic mass is 16.5. The molecule has 4 heterocycles. The molecule has 146 valence electrons. The van der Waals surface area contributed by atoms with Crippen molar-refractivity contribution >= 4 is 16.7 Å². The molecule has 0 aliphatic carbocycles. The number of hydrogen-bond acceptors (Lipinski definition) is 7. The van der Waals surface area contributed by atoms with Gasteiger partial charge in [0.15, 0.2) is 11.6 Å². The van der Waals surface area contributed by atoms with Crippen LogP contribution < -0.4 is 14.8 Å². The Morgan fingerprint density at radius 3 is 3.00 bits per heavy atom. The van der Waals surface area contributed by atoms with E-state index in [-0.39, 0.29) is 5.88 Å². The van der Waals surface area contributed by atoms with Crippen molar-refractivity contribution in [3.8, 4) is 28.9 Å². The number of pyridine rings is 1. The number of fused-ring (bicyclic) bond motifs is 2. The maximum absolute atomic E-state index is 10.1. The molecule has 8 nitrogen and oxygen atoms in total. The van der Waals surface area contributed by atoms with Crippen LogP contribution in [0.5, 0.6) is 17.5 Å². The van der Waals surface area contributed by atoms with E-state index in [1.54, 1.807) is 12.1 Å². The molecule has 0 bridgehead atoms. The van der Waals surface area contributed by atoms with E-state index in [1.165, 1.54) is 17.1 Å². The van der Waals surface area contributed by atoms with Gasteiger partial charge in [0.1, 0.15) is 6.61 Å². The standard InChI is InChI=1S/C21H19N5O3/c27-20-15(5-3-8-23-20)18-25-19-17(28-11-9-22-19)21(26-18)29-10-7-13-12-24-16-6-2-1-4-14(13)16/h1-6,8,12,24H,7,9-11H2,(H,23,27)(H,22,25,26). The minimum absolute atomic E-state index is 0.131. The highest BCUT2D eigenvalue weighted by Crippen LogP contribution is 2.37. The van der Waals surface area contributed by atoms with Crippen molar-refractivity contribution < 1.29 is 14.6 Å². The van der Waals surface area contributed by atoms with Gasteiger partial charge in [-0.2, -0.15) is 4.98 Å². The monoisotopic (exact) mass is 389 g/mol. The number of ether oxygens (including phenoxy) is 2. The number of hydrogen-bond donors (Lipinski definition) is 3. The summed E-state index contributed by atoms with van der Waals surface area (Å²) in [7, 11) is 0. The molecule has 0 fully saturated rings. The molecule has 5 rings (SSSR count). The molecule has 1 aliphatic heterocycles. The van der Waals surface area contributed by atoms with Crippen LogP contribution in [-0.4, -0.2) is 44.8 Å². The van der Waals surface area contributed by atoms with Crippen molar-refractivity contribution in [2.45, 2.75) is 6.42 Å². The smallest absolute Gasteiger partial charge is 0.263 e. The summed E-state index contributed by atoms with van der Waals surface area (Å²) in [6, 6.07) is 11.6. The van der Waals surface area contributed by atoms with Crippen LogP contribution in [0, 0.1) is 0 Å². The first-order valence-corrected chi connectivity index (χ1v) is 9.40. The highest BCUT2D eigenvalue weighted by molar-refractivity contribution is 5.83. The topological polar surface area (TPSA) is 105 Å². The fraction of sp³-hybridized carbons (Fsp3) is 0.190. The number of aromatic amines is 1. The van der Waals surface area contributed by atoms with E-state index in [0.717, 1.165) is 5.52 Å². The number of para-hydroxylation sites is 1. The van der Waals surface area contributed by atoms with Crippen LogP contribution in [0.4, 0.5) is 5.82 Å². The normalized spacial score (nSPS) is 12.8. The first-order valence-electron chi connectivity index (χ1n) is 9.40. The Bertz CT molecular complexity index is 1170. The van der Waals surface area contributed by atoms with Gasteiger partial charge < -0.3 is 24.9 Å². The van der Waals surface area contributed by atoms with E-state index in [4.69, 9.17) is 9.47 Å². The van der Waals surface area contributed by atoms with E-state index in [9.17, 15) is 5.11 Å². The summed E-state index contributed by atoms with van der Waals surface area (Å²) >= 11 is 0. The van der Waals surface area contributed by atoms with Gasteiger partial charge in [-0.1, -0.05) is 18.2 Å². The second-order valence-corrected chi connectivity index (χ2v) is 6.64. The lowest BCUT2D eigenvalue weighted by Crippen LogP contribution is -2.21. The fourth-order valence-corrected chi connectivity index (χ4v) is 3.39. The molecule has 4 aromatic rings. The molecule has 0 spiro atoms. The largest absolute Gasteiger partial charge is 0.493 e. The molecule has 0 saturated heterocycles. The van der Waals surface area contributed by atoms with Gasteiger partial charge in [0.25, 0.3) is 5.88 Å². The summed E-state index contributed by atoms with van der Waals surface area (Å²) in [5, 5.41) is 14.5. The van der Waals surface area contributed by atoms with Crippen LogP contribution in [-0.2, 0) is 6.42 Å². The molecule has 0 unspecified atom stereocenters. The molecule has 0 amide bonds. The van der Waals surface area contributed by atoms with Crippen molar-refractivity contribution in [3.63, 3.8) is 0 Å². The Morgan fingerprint density at radius 2 is 2.07 bits per heavy atom. The van der Waals surface area contributed by atoms with E-state index < -0.39 is 0 Å². The predicted molar refractivity (Wildman–Crippen MR) is 108 cm³/mol. The molecule has 0 atom stereocenters. The number of aromatic nitrogens is 4. The SMILES string of the molecule is Oc1ncccc1-c1nc2c(c(OCCc3c[nH]c4ccccc34)n1)OCCN2. The van der Waals surface area contributed by atoms with Crippen molar-refractivity contribution in [3.05, 3.63) is 54.4 Å². The van der Waals surface area contributed by atoms with Crippen LogP contribution in [0.2, 0.25) is 0 Å².